The lowest BCUT2D eigenvalue weighted by atomic mass is 9.78. The van der Waals surface area contributed by atoms with E-state index >= 15 is 0 Å². The van der Waals surface area contributed by atoms with Crippen LogP contribution < -0.4 is 15.1 Å². The highest BCUT2D eigenvalue weighted by Crippen LogP contribution is 2.49. The lowest BCUT2D eigenvalue weighted by Crippen LogP contribution is -2.40. The van der Waals surface area contributed by atoms with Gasteiger partial charge in [0.1, 0.15) is 28.9 Å². The smallest absolute Gasteiger partial charge is 0.344 e. The van der Waals surface area contributed by atoms with Crippen LogP contribution in [0.1, 0.15) is 17.0 Å². The maximum absolute atomic E-state index is 13.2. The Morgan fingerprint density at radius 2 is 1.72 bits per heavy atom. The van der Waals surface area contributed by atoms with Crippen LogP contribution in [-0.4, -0.2) is 19.2 Å². The summed E-state index contributed by atoms with van der Waals surface area (Å²) >= 11 is 0. The molecule has 6 nitrogen and oxygen atoms in total. The van der Waals surface area contributed by atoms with Gasteiger partial charge in [-0.05, 0) is 35.9 Å². The predicted octanol–water partition coefficient (Wildman–Crippen LogP) is 4.25. The molecular weight excluding hydrogens is 408 g/mol. The molecule has 0 N–H and O–H groups in total. The van der Waals surface area contributed by atoms with Gasteiger partial charge in [0.15, 0.2) is 0 Å². The van der Waals surface area contributed by atoms with Crippen LogP contribution in [0, 0.1) is 5.92 Å². The SMILES string of the molecule is COc1ccc([C@H]2C3=C(Oc4c2c(=O)oc2ccccc42)[C@@H]2C=CC=C[C@H]2OC3=O)cc1. The second kappa shape index (κ2) is 6.99. The van der Waals surface area contributed by atoms with Crippen LogP contribution in [0.15, 0.2) is 93.4 Å². The number of fused-ring (bicyclic) bond motifs is 5. The molecule has 6 rings (SSSR count). The molecule has 3 atom stereocenters. The number of benzene rings is 2. The molecule has 2 aliphatic heterocycles. The minimum Gasteiger partial charge on any atom is -0.497 e. The van der Waals surface area contributed by atoms with Crippen molar-refractivity contribution < 1.29 is 23.4 Å². The summed E-state index contributed by atoms with van der Waals surface area (Å²) in [5.74, 6) is 0.150. The van der Waals surface area contributed by atoms with Gasteiger partial charge < -0.3 is 18.6 Å². The normalized spacial score (nSPS) is 23.2. The van der Waals surface area contributed by atoms with E-state index in [9.17, 15) is 9.59 Å². The largest absolute Gasteiger partial charge is 0.497 e. The molecule has 0 radical (unpaired) electrons. The fourth-order valence-corrected chi connectivity index (χ4v) is 4.67. The topological polar surface area (TPSA) is 75.0 Å². The fraction of sp³-hybridized carbons (Fsp3) is 0.154. The van der Waals surface area contributed by atoms with Gasteiger partial charge in [-0.25, -0.2) is 9.59 Å². The molecule has 1 aromatic heterocycles. The summed E-state index contributed by atoms with van der Waals surface area (Å²) in [5, 5.41) is 0.679. The summed E-state index contributed by atoms with van der Waals surface area (Å²) < 4.78 is 23.0. The summed E-state index contributed by atoms with van der Waals surface area (Å²) in [6.07, 6.45) is 7.10. The van der Waals surface area contributed by atoms with Crippen molar-refractivity contribution in [2.24, 2.45) is 5.92 Å². The van der Waals surface area contributed by atoms with Crippen LogP contribution in [0.5, 0.6) is 11.5 Å². The third-order valence-corrected chi connectivity index (χ3v) is 6.15. The summed E-state index contributed by atoms with van der Waals surface area (Å²) in [6.45, 7) is 0. The van der Waals surface area contributed by atoms with Crippen LogP contribution in [0.25, 0.3) is 11.0 Å². The minimum absolute atomic E-state index is 0.271. The van der Waals surface area contributed by atoms with Crippen molar-refractivity contribution >= 4 is 16.9 Å². The number of allylic oxidation sites excluding steroid dienone is 2. The van der Waals surface area contributed by atoms with E-state index in [0.29, 0.717) is 39.4 Å². The summed E-state index contributed by atoms with van der Waals surface area (Å²) in [6, 6.07) is 14.5. The first-order valence-electron chi connectivity index (χ1n) is 10.3. The van der Waals surface area contributed by atoms with Crippen molar-refractivity contribution in [3.8, 4) is 11.5 Å². The van der Waals surface area contributed by atoms with Crippen molar-refractivity contribution in [2.75, 3.05) is 7.11 Å². The second-order valence-electron chi connectivity index (χ2n) is 7.88. The van der Waals surface area contributed by atoms with Gasteiger partial charge in [0.2, 0.25) is 0 Å². The highest BCUT2D eigenvalue weighted by molar-refractivity contribution is 5.96. The standard InChI is InChI=1S/C26H18O6/c1-29-15-12-10-14(11-13-15)20-21-23(16-6-2-4-8-18(16)30-25(21)27)32-24-17-7-3-5-9-19(17)31-26(28)22(20)24/h2-13,16,18,20H,1H3/t16-,18-,20+/m1/s1. The maximum atomic E-state index is 13.2. The minimum atomic E-state index is -0.687. The van der Waals surface area contributed by atoms with E-state index in [-0.39, 0.29) is 5.92 Å². The molecule has 32 heavy (non-hydrogen) atoms. The Balaban J connectivity index is 1.66. The molecule has 3 heterocycles. The average Bonchev–Trinajstić information content (AvgIpc) is 2.83. The number of carbonyl (C=O) groups is 1. The van der Waals surface area contributed by atoms with Gasteiger partial charge in [-0.1, -0.05) is 42.5 Å². The highest BCUT2D eigenvalue weighted by Gasteiger charge is 2.47. The van der Waals surface area contributed by atoms with E-state index in [1.807, 2.05) is 48.6 Å². The lowest BCUT2D eigenvalue weighted by molar-refractivity contribution is -0.146. The zero-order chi connectivity index (χ0) is 21.8. The Morgan fingerprint density at radius 1 is 0.938 bits per heavy atom. The number of carbonyl (C=O) groups excluding carboxylic acids is 1. The molecule has 0 fully saturated rings. The van der Waals surface area contributed by atoms with E-state index in [4.69, 9.17) is 18.6 Å². The number of hydrogen-bond donors (Lipinski definition) is 0. The summed E-state index contributed by atoms with van der Waals surface area (Å²) in [5.41, 5.74) is 1.25. The van der Waals surface area contributed by atoms with Crippen LogP contribution in [0.4, 0.5) is 0 Å². The Labute approximate surface area is 183 Å². The van der Waals surface area contributed by atoms with E-state index in [1.165, 1.54) is 0 Å². The number of rotatable bonds is 2. The van der Waals surface area contributed by atoms with Gasteiger partial charge in [-0.15, -0.1) is 0 Å². The van der Waals surface area contributed by atoms with Crippen molar-refractivity contribution in [1.29, 1.82) is 0 Å². The number of esters is 1. The molecule has 158 valence electrons. The van der Waals surface area contributed by atoms with E-state index in [0.717, 1.165) is 5.56 Å². The Morgan fingerprint density at radius 3 is 2.53 bits per heavy atom. The van der Waals surface area contributed by atoms with E-state index in [1.54, 1.807) is 31.4 Å². The monoisotopic (exact) mass is 426 g/mol. The van der Waals surface area contributed by atoms with Crippen molar-refractivity contribution in [1.82, 2.24) is 0 Å². The number of para-hydroxylation sites is 1. The third kappa shape index (κ3) is 2.66. The molecule has 1 aliphatic carbocycles. The summed E-state index contributed by atoms with van der Waals surface area (Å²) in [4.78, 5) is 26.4. The zero-order valence-corrected chi connectivity index (χ0v) is 17.1. The second-order valence-corrected chi connectivity index (χ2v) is 7.88. The van der Waals surface area contributed by atoms with E-state index < -0.39 is 23.6 Å². The first kappa shape index (κ1) is 18.7. The molecule has 0 unspecified atom stereocenters. The van der Waals surface area contributed by atoms with Crippen LogP contribution in [-0.2, 0) is 9.53 Å². The van der Waals surface area contributed by atoms with Gasteiger partial charge in [-0.3, -0.25) is 0 Å². The molecule has 6 heteroatoms. The van der Waals surface area contributed by atoms with Crippen molar-refractivity contribution in [3.05, 3.63) is 106 Å². The fourth-order valence-electron chi connectivity index (χ4n) is 4.67. The highest BCUT2D eigenvalue weighted by atomic mass is 16.6. The van der Waals surface area contributed by atoms with Gasteiger partial charge in [0.05, 0.1) is 35.5 Å². The van der Waals surface area contributed by atoms with Crippen LogP contribution in [0.2, 0.25) is 0 Å². The zero-order valence-electron chi connectivity index (χ0n) is 17.1. The van der Waals surface area contributed by atoms with Gasteiger partial charge in [0, 0.05) is 0 Å². The number of ether oxygens (including phenoxy) is 3. The maximum Gasteiger partial charge on any atom is 0.344 e. The predicted molar refractivity (Wildman–Crippen MR) is 117 cm³/mol. The molecule has 3 aromatic rings. The van der Waals surface area contributed by atoms with E-state index in [2.05, 4.69) is 0 Å². The molecule has 2 aromatic carbocycles. The molecular formula is C26H18O6. The molecule has 0 saturated heterocycles. The van der Waals surface area contributed by atoms with Crippen molar-refractivity contribution in [3.63, 3.8) is 0 Å². The Hall–Kier alpha value is -4.06. The first-order chi connectivity index (χ1) is 15.7. The van der Waals surface area contributed by atoms with Gasteiger partial charge in [0.25, 0.3) is 0 Å². The Kier molecular flexibility index (Phi) is 4.08. The Bertz CT molecular complexity index is 1410. The molecule has 0 bridgehead atoms. The molecule has 0 saturated carbocycles. The van der Waals surface area contributed by atoms with Crippen molar-refractivity contribution in [2.45, 2.75) is 12.0 Å². The lowest BCUT2D eigenvalue weighted by Gasteiger charge is -2.38. The molecule has 0 spiro atoms. The summed E-state index contributed by atoms with van der Waals surface area (Å²) in [7, 11) is 1.59. The number of hydrogen-bond acceptors (Lipinski definition) is 6. The van der Waals surface area contributed by atoms with Crippen LogP contribution in [0.3, 0.4) is 0 Å². The molecule has 0 amide bonds. The van der Waals surface area contributed by atoms with Crippen LogP contribution >= 0.6 is 0 Å². The number of methoxy groups -OCH3 is 1. The van der Waals surface area contributed by atoms with Gasteiger partial charge in [-0.2, -0.15) is 0 Å². The average molecular weight is 426 g/mol. The third-order valence-electron chi connectivity index (χ3n) is 6.15. The quantitative estimate of drug-likeness (QED) is 0.451. The van der Waals surface area contributed by atoms with Gasteiger partial charge >= 0.3 is 11.6 Å². The molecule has 3 aliphatic rings. The first-order valence-corrected chi connectivity index (χ1v) is 10.3.